The number of aromatic nitrogens is 3. The Morgan fingerprint density at radius 2 is 2.00 bits per heavy atom. The summed E-state index contributed by atoms with van der Waals surface area (Å²) in [5.41, 5.74) is -0.415. The minimum atomic E-state index is -4.55. The predicted molar refractivity (Wildman–Crippen MR) is 118 cm³/mol. The first kappa shape index (κ1) is 25.0. The number of amides is 1. The van der Waals surface area contributed by atoms with Crippen LogP contribution in [0.1, 0.15) is 34.4 Å². The van der Waals surface area contributed by atoms with E-state index >= 15 is 0 Å². The molecule has 0 spiro atoms. The lowest BCUT2D eigenvalue weighted by atomic mass is 9.88. The average Bonchev–Trinajstić information content (AvgIpc) is 3.19. The van der Waals surface area contributed by atoms with Gasteiger partial charge in [0.2, 0.25) is 5.88 Å². The maximum atomic E-state index is 14.5. The van der Waals surface area contributed by atoms with Crippen molar-refractivity contribution in [1.29, 1.82) is 0 Å². The van der Waals surface area contributed by atoms with Crippen LogP contribution in [0.4, 0.5) is 22.0 Å². The second-order valence-electron chi connectivity index (χ2n) is 8.36. The molecule has 3 aromatic rings. The van der Waals surface area contributed by atoms with E-state index in [0.717, 1.165) is 17.0 Å². The summed E-state index contributed by atoms with van der Waals surface area (Å²) in [5.74, 6) is -4.56. The van der Waals surface area contributed by atoms with E-state index in [9.17, 15) is 26.7 Å². The van der Waals surface area contributed by atoms with Crippen LogP contribution in [0.3, 0.4) is 0 Å². The van der Waals surface area contributed by atoms with Crippen LogP contribution < -0.4 is 4.74 Å². The monoisotopic (exact) mass is 512 g/mol. The van der Waals surface area contributed by atoms with E-state index in [-0.39, 0.29) is 18.2 Å². The van der Waals surface area contributed by atoms with Gasteiger partial charge in [-0.15, -0.1) is 11.3 Å². The summed E-state index contributed by atoms with van der Waals surface area (Å²) >= 11 is 1.23. The molecule has 3 aromatic heterocycles. The fourth-order valence-electron chi connectivity index (χ4n) is 4.00. The number of thiazole rings is 1. The lowest BCUT2D eigenvalue weighted by Gasteiger charge is -2.42. The van der Waals surface area contributed by atoms with Crippen LogP contribution in [0.25, 0.3) is 10.6 Å². The molecule has 0 radical (unpaired) electrons. The maximum Gasteiger partial charge on any atom is 0.417 e. The van der Waals surface area contributed by atoms with E-state index in [1.807, 2.05) is 0 Å². The van der Waals surface area contributed by atoms with Gasteiger partial charge in [-0.1, -0.05) is 13.0 Å². The van der Waals surface area contributed by atoms with Gasteiger partial charge < -0.3 is 9.64 Å². The van der Waals surface area contributed by atoms with Gasteiger partial charge in [-0.25, -0.2) is 18.7 Å². The molecule has 0 saturated carbocycles. The Morgan fingerprint density at radius 3 is 2.63 bits per heavy atom. The second kappa shape index (κ2) is 9.48. The van der Waals surface area contributed by atoms with Crippen molar-refractivity contribution in [1.82, 2.24) is 19.9 Å². The first-order valence-electron chi connectivity index (χ1n) is 10.7. The van der Waals surface area contributed by atoms with Gasteiger partial charge >= 0.3 is 6.18 Å². The number of halogens is 5. The summed E-state index contributed by atoms with van der Waals surface area (Å²) in [4.78, 5) is 27.3. The Bertz CT molecular complexity index is 1180. The number of pyridine rings is 2. The molecule has 1 fully saturated rings. The number of aryl methyl sites for hydroxylation is 1. The molecular weight excluding hydrogens is 491 g/mol. The Balaban J connectivity index is 1.60. The van der Waals surface area contributed by atoms with Crippen molar-refractivity contribution in [2.45, 2.75) is 38.4 Å². The van der Waals surface area contributed by atoms with Crippen LogP contribution in [0.5, 0.6) is 5.88 Å². The second-order valence-corrected chi connectivity index (χ2v) is 9.56. The number of rotatable bonds is 5. The number of piperidine rings is 1. The molecule has 6 nitrogen and oxygen atoms in total. The van der Waals surface area contributed by atoms with Crippen LogP contribution in [0, 0.1) is 12.8 Å². The summed E-state index contributed by atoms with van der Waals surface area (Å²) in [5, 5.41) is 0.576. The molecule has 1 amide bonds. The van der Waals surface area contributed by atoms with Gasteiger partial charge in [0.15, 0.2) is 0 Å². The van der Waals surface area contributed by atoms with Crippen molar-refractivity contribution in [3.05, 3.63) is 59.0 Å². The largest absolute Gasteiger partial charge is 0.475 e. The normalized spacial score (nSPS) is 20.0. The van der Waals surface area contributed by atoms with Crippen LogP contribution in [-0.2, 0) is 6.18 Å². The van der Waals surface area contributed by atoms with E-state index in [4.69, 9.17) is 4.74 Å². The van der Waals surface area contributed by atoms with Gasteiger partial charge in [0.25, 0.3) is 11.8 Å². The summed E-state index contributed by atoms with van der Waals surface area (Å²) in [6, 6.07) is 6.27. The lowest BCUT2D eigenvalue weighted by molar-refractivity contribution is -0.137. The van der Waals surface area contributed by atoms with Gasteiger partial charge in [0.05, 0.1) is 33.7 Å². The van der Waals surface area contributed by atoms with E-state index in [1.54, 1.807) is 38.2 Å². The Hall–Kier alpha value is -3.15. The van der Waals surface area contributed by atoms with Crippen molar-refractivity contribution < 1.29 is 31.5 Å². The number of hydrogen-bond donors (Lipinski definition) is 0. The quantitative estimate of drug-likeness (QED) is 0.423. The van der Waals surface area contributed by atoms with Gasteiger partial charge in [-0.3, -0.25) is 9.78 Å². The molecule has 0 N–H and O–H groups in total. The SMILES string of the molecule is Cc1nc(C(=O)N2CC(F)(F)C[C@@H](C)[C@H]2COc2ccc(C(F)(F)F)cn2)c(-c2ccccn2)s1. The van der Waals surface area contributed by atoms with Gasteiger partial charge in [0.1, 0.15) is 12.3 Å². The molecule has 0 aliphatic carbocycles. The number of hydrogen-bond acceptors (Lipinski definition) is 6. The highest BCUT2D eigenvalue weighted by molar-refractivity contribution is 7.15. The highest BCUT2D eigenvalue weighted by Gasteiger charge is 2.47. The molecule has 4 rings (SSSR count). The molecule has 186 valence electrons. The van der Waals surface area contributed by atoms with Crippen molar-refractivity contribution in [2.24, 2.45) is 5.92 Å². The van der Waals surface area contributed by atoms with E-state index < -0.39 is 48.5 Å². The molecule has 0 unspecified atom stereocenters. The highest BCUT2D eigenvalue weighted by atomic mass is 32.1. The highest BCUT2D eigenvalue weighted by Crippen LogP contribution is 2.37. The maximum absolute atomic E-state index is 14.5. The van der Waals surface area contributed by atoms with Gasteiger partial charge in [0, 0.05) is 24.9 Å². The molecule has 0 bridgehead atoms. The standard InChI is InChI=1S/C23H21F5N4O2S/c1-13-9-22(24,25)12-32(17(13)11-34-18-7-6-15(10-30-18)23(26,27)28)21(33)19-20(35-14(2)31-19)16-5-3-4-8-29-16/h3-8,10,13,17H,9,11-12H2,1-2H3/t13-,17-/m1/s1. The zero-order valence-electron chi connectivity index (χ0n) is 18.7. The molecule has 12 heteroatoms. The van der Waals surface area contributed by atoms with Crippen LogP contribution in [0.15, 0.2) is 42.7 Å². The van der Waals surface area contributed by atoms with E-state index in [1.165, 1.54) is 11.3 Å². The zero-order chi connectivity index (χ0) is 25.4. The number of carbonyl (C=O) groups excluding carboxylic acids is 1. The van der Waals surface area contributed by atoms with Gasteiger partial charge in [-0.05, 0) is 31.0 Å². The zero-order valence-corrected chi connectivity index (χ0v) is 19.5. The number of nitrogens with zero attached hydrogens (tertiary/aromatic N) is 4. The number of likely N-dealkylation sites (tertiary alicyclic amines) is 1. The van der Waals surface area contributed by atoms with Crippen LogP contribution in [-0.4, -0.2) is 50.9 Å². The summed E-state index contributed by atoms with van der Waals surface area (Å²) in [6.07, 6.45) is -2.82. The van der Waals surface area contributed by atoms with Crippen molar-refractivity contribution in [3.8, 4) is 16.5 Å². The van der Waals surface area contributed by atoms with Crippen LogP contribution in [0.2, 0.25) is 0 Å². The number of alkyl halides is 5. The van der Waals surface area contributed by atoms with Gasteiger partial charge in [-0.2, -0.15) is 13.2 Å². The Kier molecular flexibility index (Phi) is 6.76. The van der Waals surface area contributed by atoms with Crippen LogP contribution >= 0.6 is 11.3 Å². The number of carbonyl (C=O) groups is 1. The summed E-state index contributed by atoms with van der Waals surface area (Å²) in [6.45, 7) is 2.23. The average molecular weight is 513 g/mol. The molecule has 1 saturated heterocycles. The van der Waals surface area contributed by atoms with Crippen molar-refractivity contribution in [3.63, 3.8) is 0 Å². The molecular formula is C23H21F5N4O2S. The van der Waals surface area contributed by atoms with Crippen molar-refractivity contribution >= 4 is 17.2 Å². The third-order valence-corrected chi connectivity index (χ3v) is 6.63. The first-order chi connectivity index (χ1) is 16.4. The van der Waals surface area contributed by atoms with E-state index in [2.05, 4.69) is 15.0 Å². The minimum absolute atomic E-state index is 0.0220. The summed E-state index contributed by atoms with van der Waals surface area (Å²) in [7, 11) is 0. The summed E-state index contributed by atoms with van der Waals surface area (Å²) < 4.78 is 72.9. The Morgan fingerprint density at radius 1 is 1.23 bits per heavy atom. The van der Waals surface area contributed by atoms with E-state index in [0.29, 0.717) is 21.8 Å². The molecule has 2 atom stereocenters. The molecule has 0 aromatic carbocycles. The fraction of sp³-hybridized carbons (Fsp3) is 0.391. The lowest BCUT2D eigenvalue weighted by Crippen LogP contribution is -2.57. The third-order valence-electron chi connectivity index (χ3n) is 5.64. The molecule has 35 heavy (non-hydrogen) atoms. The topological polar surface area (TPSA) is 68.2 Å². The number of ether oxygens (including phenoxy) is 1. The van der Waals surface area contributed by atoms with Crippen molar-refractivity contribution in [2.75, 3.05) is 13.2 Å². The minimum Gasteiger partial charge on any atom is -0.475 e. The molecule has 4 heterocycles. The molecule has 1 aliphatic heterocycles. The predicted octanol–water partition coefficient (Wildman–Crippen LogP) is 5.49. The smallest absolute Gasteiger partial charge is 0.417 e. The fourth-order valence-corrected chi connectivity index (χ4v) is 4.89. The Labute approximate surface area is 201 Å². The molecule has 1 aliphatic rings. The third kappa shape index (κ3) is 5.58. The first-order valence-corrected chi connectivity index (χ1v) is 11.5.